The van der Waals surface area contributed by atoms with Gasteiger partial charge in [-0.1, -0.05) is 29.8 Å². The van der Waals surface area contributed by atoms with E-state index in [1.165, 1.54) is 27.6 Å². The van der Waals surface area contributed by atoms with Gasteiger partial charge in [0.15, 0.2) is 0 Å². The molecule has 3 N–H and O–H groups in total. The summed E-state index contributed by atoms with van der Waals surface area (Å²) in [6, 6.07) is 17.4. The first-order valence-electron chi connectivity index (χ1n) is 12.3. The molecule has 0 spiro atoms. The molecule has 0 aliphatic carbocycles. The van der Waals surface area contributed by atoms with E-state index < -0.39 is 0 Å². The monoisotopic (exact) mass is 480 g/mol. The van der Waals surface area contributed by atoms with Gasteiger partial charge in [-0.15, -0.1) is 12.4 Å². The first kappa shape index (κ1) is 26.2. The first-order chi connectivity index (χ1) is 16.2. The number of hydrogen-bond donors (Lipinski definition) is 2. The van der Waals surface area contributed by atoms with Crippen molar-refractivity contribution < 1.29 is 4.74 Å². The Morgan fingerprint density at radius 1 is 1.18 bits per heavy atom. The summed E-state index contributed by atoms with van der Waals surface area (Å²) in [5, 5.41) is 14.3. The fraction of sp³-hybridized carbons (Fsp3) is 0.464. The Balaban J connectivity index is 0.00000324. The van der Waals surface area contributed by atoms with Gasteiger partial charge in [0.1, 0.15) is 0 Å². The average molecular weight is 481 g/mol. The maximum absolute atomic E-state index is 9.58. The van der Waals surface area contributed by atoms with Crippen molar-refractivity contribution in [2.45, 2.75) is 45.1 Å². The Hall–Kier alpha value is -2.36. The maximum atomic E-state index is 9.58. The number of nitrogens with one attached hydrogen (secondary N) is 1. The van der Waals surface area contributed by atoms with E-state index >= 15 is 0 Å². The predicted molar refractivity (Wildman–Crippen MR) is 142 cm³/mol. The van der Waals surface area contributed by atoms with Gasteiger partial charge in [-0.2, -0.15) is 5.26 Å². The molecular formula is C28H37ClN4O. The fourth-order valence-corrected chi connectivity index (χ4v) is 5.02. The Morgan fingerprint density at radius 3 is 2.74 bits per heavy atom. The predicted octanol–water partition coefficient (Wildman–Crippen LogP) is 5.13. The molecule has 1 saturated heterocycles. The van der Waals surface area contributed by atoms with Crippen LogP contribution in [0.1, 0.15) is 53.9 Å². The number of benzene rings is 2. The highest BCUT2D eigenvalue weighted by Crippen LogP contribution is 2.36. The maximum Gasteiger partial charge on any atom is 0.0991 e. The number of fused-ring (bicyclic) bond motifs is 1. The third kappa shape index (κ3) is 6.40. The van der Waals surface area contributed by atoms with Gasteiger partial charge < -0.3 is 20.4 Å². The van der Waals surface area contributed by atoms with E-state index in [4.69, 9.17) is 10.5 Å². The van der Waals surface area contributed by atoms with Crippen LogP contribution in [-0.2, 0) is 11.3 Å². The zero-order chi connectivity index (χ0) is 23.0. The summed E-state index contributed by atoms with van der Waals surface area (Å²) in [7, 11) is 0. The van der Waals surface area contributed by atoms with Crippen molar-refractivity contribution in [2.24, 2.45) is 11.7 Å². The minimum atomic E-state index is 0. The van der Waals surface area contributed by atoms with Crippen LogP contribution in [0.25, 0.3) is 10.9 Å². The van der Waals surface area contributed by atoms with Crippen LogP contribution < -0.4 is 11.1 Å². The number of aryl methyl sites for hydroxylation is 1. The van der Waals surface area contributed by atoms with E-state index in [0.717, 1.165) is 64.1 Å². The molecule has 1 fully saturated rings. The van der Waals surface area contributed by atoms with E-state index in [1.807, 2.05) is 6.07 Å². The summed E-state index contributed by atoms with van der Waals surface area (Å²) in [4.78, 5) is 0. The van der Waals surface area contributed by atoms with Gasteiger partial charge >= 0.3 is 0 Å². The topological polar surface area (TPSA) is 76.0 Å². The molecule has 1 unspecified atom stereocenters. The number of nitrogens with zero attached hydrogens (tertiary/aromatic N) is 2. The molecule has 4 rings (SSSR count). The average Bonchev–Trinajstić information content (AvgIpc) is 3.19. The summed E-state index contributed by atoms with van der Waals surface area (Å²) < 4.78 is 8.00. The molecule has 0 radical (unpaired) electrons. The lowest BCUT2D eigenvalue weighted by Gasteiger charge is -2.23. The molecule has 1 aliphatic heterocycles. The molecule has 34 heavy (non-hydrogen) atoms. The van der Waals surface area contributed by atoms with Gasteiger partial charge in [0.05, 0.1) is 11.6 Å². The number of nitrogens with two attached hydrogens (primary N) is 1. The van der Waals surface area contributed by atoms with Crippen LogP contribution in [0.15, 0.2) is 48.7 Å². The molecule has 1 aromatic heterocycles. The van der Waals surface area contributed by atoms with Crippen LogP contribution in [0.4, 0.5) is 0 Å². The van der Waals surface area contributed by atoms with Gasteiger partial charge in [-0.3, -0.25) is 0 Å². The Bertz CT molecular complexity index is 1100. The molecule has 2 aromatic carbocycles. The highest BCUT2D eigenvalue weighted by molar-refractivity contribution is 5.86. The van der Waals surface area contributed by atoms with Gasteiger partial charge in [0, 0.05) is 42.8 Å². The molecule has 0 bridgehead atoms. The second kappa shape index (κ2) is 12.9. The molecular weight excluding hydrogens is 444 g/mol. The lowest BCUT2D eigenvalue weighted by Crippen LogP contribution is -2.21. The van der Waals surface area contributed by atoms with E-state index in [9.17, 15) is 5.26 Å². The van der Waals surface area contributed by atoms with Gasteiger partial charge in [0.25, 0.3) is 0 Å². The SMILES string of the molecule is Cc1cccc(C(CCNCCCN)c2cn(CC3CCOCC3)c3ccc(C#N)cc23)c1.Cl. The third-order valence-corrected chi connectivity index (χ3v) is 6.82. The number of nitriles is 1. The molecule has 1 atom stereocenters. The second-order valence-electron chi connectivity index (χ2n) is 9.28. The van der Waals surface area contributed by atoms with Crippen LogP contribution in [0.3, 0.4) is 0 Å². The summed E-state index contributed by atoms with van der Waals surface area (Å²) >= 11 is 0. The number of ether oxygens (including phenoxy) is 1. The van der Waals surface area contributed by atoms with Gasteiger partial charge in [-0.05, 0) is 87.5 Å². The largest absolute Gasteiger partial charge is 0.381 e. The van der Waals surface area contributed by atoms with Crippen LogP contribution in [0.5, 0.6) is 0 Å². The van der Waals surface area contributed by atoms with E-state index in [1.54, 1.807) is 0 Å². The van der Waals surface area contributed by atoms with Crippen molar-refractivity contribution in [3.8, 4) is 6.07 Å². The lowest BCUT2D eigenvalue weighted by atomic mass is 9.87. The molecule has 5 nitrogen and oxygen atoms in total. The summed E-state index contributed by atoms with van der Waals surface area (Å²) in [6.07, 6.45) is 6.57. The van der Waals surface area contributed by atoms with Crippen LogP contribution in [0.2, 0.25) is 0 Å². The standard InChI is InChI=1S/C28H36N4O.ClH/c1-21-4-2-5-24(16-21)25(8-13-31-12-3-11-29)27-20-32(19-22-9-14-33-15-10-22)28-7-6-23(18-30)17-26(27)28;/h2,4-7,16-17,20,22,25,31H,3,8-15,19,29H2,1H3;1H. The van der Waals surface area contributed by atoms with Crippen molar-refractivity contribution in [3.63, 3.8) is 0 Å². The summed E-state index contributed by atoms with van der Waals surface area (Å²) in [5.41, 5.74) is 11.5. The highest BCUT2D eigenvalue weighted by Gasteiger charge is 2.22. The fourth-order valence-electron chi connectivity index (χ4n) is 5.02. The minimum absolute atomic E-state index is 0. The van der Waals surface area contributed by atoms with Gasteiger partial charge in [-0.25, -0.2) is 0 Å². The van der Waals surface area contributed by atoms with Gasteiger partial charge in [0.2, 0.25) is 0 Å². The minimum Gasteiger partial charge on any atom is -0.381 e. The number of rotatable bonds is 10. The molecule has 0 saturated carbocycles. The summed E-state index contributed by atoms with van der Waals surface area (Å²) in [6.45, 7) is 7.46. The smallest absolute Gasteiger partial charge is 0.0991 e. The van der Waals surface area contributed by atoms with Crippen LogP contribution in [-0.4, -0.2) is 37.4 Å². The number of hydrogen-bond acceptors (Lipinski definition) is 4. The molecule has 1 aliphatic rings. The van der Waals surface area contributed by atoms with Crippen molar-refractivity contribution in [1.29, 1.82) is 5.26 Å². The Kier molecular flexibility index (Phi) is 9.98. The van der Waals surface area contributed by atoms with Crippen LogP contribution >= 0.6 is 12.4 Å². The van der Waals surface area contributed by atoms with Crippen molar-refractivity contribution in [3.05, 3.63) is 70.9 Å². The highest BCUT2D eigenvalue weighted by atomic mass is 35.5. The quantitative estimate of drug-likeness (QED) is 0.394. The molecule has 3 aromatic rings. The van der Waals surface area contributed by atoms with Crippen molar-refractivity contribution in [1.82, 2.24) is 9.88 Å². The summed E-state index contributed by atoms with van der Waals surface area (Å²) in [5.74, 6) is 0.899. The first-order valence-corrected chi connectivity index (χ1v) is 12.3. The Morgan fingerprint density at radius 2 is 2.00 bits per heavy atom. The van der Waals surface area contributed by atoms with Crippen molar-refractivity contribution in [2.75, 3.05) is 32.8 Å². The second-order valence-corrected chi connectivity index (χ2v) is 9.28. The lowest BCUT2D eigenvalue weighted by molar-refractivity contribution is 0.0616. The third-order valence-electron chi connectivity index (χ3n) is 6.82. The molecule has 182 valence electrons. The zero-order valence-electron chi connectivity index (χ0n) is 20.1. The van der Waals surface area contributed by atoms with E-state index in [-0.39, 0.29) is 18.3 Å². The molecule has 2 heterocycles. The molecule has 6 heteroatoms. The Labute approximate surface area is 209 Å². The number of halogens is 1. The number of aromatic nitrogens is 1. The molecule has 0 amide bonds. The zero-order valence-corrected chi connectivity index (χ0v) is 20.9. The van der Waals surface area contributed by atoms with Crippen LogP contribution in [0, 0.1) is 24.2 Å². The normalized spacial score (nSPS) is 15.1. The van der Waals surface area contributed by atoms with E-state index in [0.29, 0.717) is 12.5 Å². The van der Waals surface area contributed by atoms with E-state index in [2.05, 4.69) is 65.5 Å². The van der Waals surface area contributed by atoms with Crippen molar-refractivity contribution >= 4 is 23.3 Å².